The number of alkyl halides is 1. The smallest absolute Gasteiger partial charge is 0.242 e. The maximum absolute atomic E-state index is 11.8. The average Bonchev–Trinajstić information content (AvgIpc) is 2.36. The fraction of sp³-hybridized carbons (Fsp3) is 0.500. The van der Waals surface area contributed by atoms with Crippen LogP contribution >= 0.6 is 11.6 Å². The van der Waals surface area contributed by atoms with Crippen molar-refractivity contribution in [2.24, 2.45) is 0 Å². The van der Waals surface area contributed by atoms with Gasteiger partial charge in [-0.05, 0) is 30.7 Å². The van der Waals surface area contributed by atoms with Gasteiger partial charge in [0.1, 0.15) is 0 Å². The molecule has 6 heteroatoms. The van der Waals surface area contributed by atoms with Gasteiger partial charge < -0.3 is 5.32 Å². The van der Waals surface area contributed by atoms with Crippen LogP contribution < -0.4 is 5.32 Å². The Morgan fingerprint density at radius 2 is 1.83 bits per heavy atom. The van der Waals surface area contributed by atoms with Gasteiger partial charge >= 0.3 is 0 Å². The van der Waals surface area contributed by atoms with E-state index in [2.05, 4.69) is 5.32 Å². The lowest BCUT2D eigenvalue weighted by molar-refractivity contribution is 0.521. The summed E-state index contributed by atoms with van der Waals surface area (Å²) < 4.78 is 24.9. The van der Waals surface area contributed by atoms with E-state index < -0.39 is 10.0 Å². The lowest BCUT2D eigenvalue weighted by atomic mass is 10.3. The highest BCUT2D eigenvalue weighted by atomic mass is 35.5. The first kappa shape index (κ1) is 15.3. The highest BCUT2D eigenvalue weighted by molar-refractivity contribution is 7.89. The van der Waals surface area contributed by atoms with Crippen molar-refractivity contribution in [2.45, 2.75) is 23.6 Å². The van der Waals surface area contributed by atoms with Gasteiger partial charge in [0.25, 0.3) is 0 Å². The van der Waals surface area contributed by atoms with Gasteiger partial charge in [-0.3, -0.25) is 0 Å². The van der Waals surface area contributed by atoms with Crippen molar-refractivity contribution in [3.8, 4) is 0 Å². The highest BCUT2D eigenvalue weighted by Crippen LogP contribution is 2.16. The largest absolute Gasteiger partial charge is 0.384 e. The van der Waals surface area contributed by atoms with Crippen LogP contribution in [0.3, 0.4) is 0 Å². The summed E-state index contributed by atoms with van der Waals surface area (Å²) in [6.45, 7) is 2.68. The van der Waals surface area contributed by atoms with Crippen molar-refractivity contribution < 1.29 is 8.42 Å². The van der Waals surface area contributed by atoms with Crippen molar-refractivity contribution in [2.75, 3.05) is 26.0 Å². The monoisotopic (exact) mass is 290 g/mol. The molecule has 1 aromatic carbocycles. The molecule has 0 radical (unpaired) electrons. The van der Waals surface area contributed by atoms with E-state index >= 15 is 0 Å². The fourth-order valence-corrected chi connectivity index (χ4v) is 2.31. The zero-order valence-corrected chi connectivity index (χ0v) is 12.4. The van der Waals surface area contributed by atoms with Crippen LogP contribution in [0.25, 0.3) is 0 Å². The van der Waals surface area contributed by atoms with E-state index in [9.17, 15) is 8.42 Å². The van der Waals surface area contributed by atoms with Crippen LogP contribution in [0.5, 0.6) is 0 Å². The van der Waals surface area contributed by atoms with Crippen LogP contribution in [0, 0.1) is 0 Å². The van der Waals surface area contributed by atoms with Gasteiger partial charge in [0.15, 0.2) is 0 Å². The summed E-state index contributed by atoms with van der Waals surface area (Å²) in [5.41, 5.74) is 0.867. The third kappa shape index (κ3) is 3.86. The molecule has 102 valence electrons. The summed E-state index contributed by atoms with van der Waals surface area (Å²) in [5.74, 6) is 0. The van der Waals surface area contributed by atoms with E-state index in [1.54, 1.807) is 24.3 Å². The molecular formula is C12H19ClN2O2S. The number of anilines is 1. The Kier molecular flexibility index (Phi) is 5.44. The predicted molar refractivity (Wildman–Crippen MR) is 75.7 cm³/mol. The summed E-state index contributed by atoms with van der Waals surface area (Å²) in [5, 5.41) is 3.24. The van der Waals surface area contributed by atoms with Gasteiger partial charge in [0.2, 0.25) is 10.0 Å². The van der Waals surface area contributed by atoms with Crippen LogP contribution in [0.4, 0.5) is 5.69 Å². The van der Waals surface area contributed by atoms with Crippen LogP contribution in [0.15, 0.2) is 29.2 Å². The molecule has 0 aromatic heterocycles. The zero-order chi connectivity index (χ0) is 13.8. The Bertz CT molecular complexity index is 471. The molecule has 4 nitrogen and oxygen atoms in total. The van der Waals surface area contributed by atoms with Gasteiger partial charge in [0, 0.05) is 26.3 Å². The number of halogens is 1. The standard InChI is InChI=1S/C12H19ClN2O2S/c1-4-10(13)9-14-11-5-7-12(8-6-11)18(16,17)15(2)3/h5-8,10,14H,4,9H2,1-3H3. The molecular weight excluding hydrogens is 272 g/mol. The molecule has 0 fully saturated rings. The van der Waals surface area contributed by atoms with Crippen LogP contribution in [-0.2, 0) is 10.0 Å². The topological polar surface area (TPSA) is 49.4 Å². The van der Waals surface area contributed by atoms with E-state index in [4.69, 9.17) is 11.6 Å². The molecule has 1 atom stereocenters. The maximum Gasteiger partial charge on any atom is 0.242 e. The van der Waals surface area contributed by atoms with Crippen LogP contribution in [-0.4, -0.2) is 38.7 Å². The summed E-state index contributed by atoms with van der Waals surface area (Å²) >= 11 is 6.00. The van der Waals surface area contributed by atoms with E-state index in [-0.39, 0.29) is 10.3 Å². The molecule has 18 heavy (non-hydrogen) atoms. The second-order valence-corrected chi connectivity index (χ2v) is 6.97. The summed E-state index contributed by atoms with van der Waals surface area (Å²) in [6, 6.07) is 6.67. The van der Waals surface area contributed by atoms with Crippen molar-refractivity contribution in [3.05, 3.63) is 24.3 Å². The molecule has 0 saturated heterocycles. The van der Waals surface area contributed by atoms with Gasteiger partial charge in [-0.2, -0.15) is 0 Å². The van der Waals surface area contributed by atoms with Crippen LogP contribution in [0.1, 0.15) is 13.3 Å². The second-order valence-electron chi connectivity index (χ2n) is 4.20. The van der Waals surface area contributed by atoms with E-state index in [0.29, 0.717) is 6.54 Å². The maximum atomic E-state index is 11.8. The summed E-state index contributed by atoms with van der Waals surface area (Å²) in [7, 11) is -0.321. The normalized spacial score (nSPS) is 13.6. The van der Waals surface area contributed by atoms with Gasteiger partial charge in [-0.25, -0.2) is 12.7 Å². The Morgan fingerprint density at radius 1 is 1.28 bits per heavy atom. The molecule has 0 spiro atoms. The number of nitrogens with zero attached hydrogens (tertiary/aromatic N) is 1. The molecule has 0 aliphatic carbocycles. The minimum atomic E-state index is -3.35. The SMILES string of the molecule is CCC(Cl)CNc1ccc(S(=O)(=O)N(C)C)cc1. The first-order valence-corrected chi connectivity index (χ1v) is 7.66. The highest BCUT2D eigenvalue weighted by Gasteiger charge is 2.16. The van der Waals surface area contributed by atoms with Gasteiger partial charge in [0.05, 0.1) is 10.3 Å². The molecule has 0 heterocycles. The molecule has 0 aliphatic rings. The molecule has 0 amide bonds. The van der Waals surface area contributed by atoms with Crippen molar-refractivity contribution in [3.63, 3.8) is 0 Å². The third-order valence-electron chi connectivity index (χ3n) is 2.60. The molecule has 0 bridgehead atoms. The molecule has 0 aliphatic heterocycles. The minimum Gasteiger partial charge on any atom is -0.384 e. The summed E-state index contributed by atoms with van der Waals surface area (Å²) in [4.78, 5) is 0.288. The number of sulfonamides is 1. The Morgan fingerprint density at radius 3 is 2.28 bits per heavy atom. The number of hydrogen-bond donors (Lipinski definition) is 1. The van der Waals surface area contributed by atoms with Crippen molar-refractivity contribution in [1.82, 2.24) is 4.31 Å². The zero-order valence-electron chi connectivity index (χ0n) is 10.9. The van der Waals surface area contributed by atoms with E-state index in [1.807, 2.05) is 6.92 Å². The number of hydrogen-bond acceptors (Lipinski definition) is 3. The van der Waals surface area contributed by atoms with E-state index in [0.717, 1.165) is 12.1 Å². The molecule has 1 aromatic rings. The molecule has 1 rings (SSSR count). The van der Waals surface area contributed by atoms with Crippen molar-refractivity contribution in [1.29, 1.82) is 0 Å². The first-order chi connectivity index (χ1) is 8.37. The Balaban J connectivity index is 2.75. The second kappa shape index (κ2) is 6.41. The molecule has 1 N–H and O–H groups in total. The Hall–Kier alpha value is -0.780. The van der Waals surface area contributed by atoms with Crippen molar-refractivity contribution >= 4 is 27.3 Å². The first-order valence-electron chi connectivity index (χ1n) is 5.78. The van der Waals surface area contributed by atoms with E-state index in [1.165, 1.54) is 18.4 Å². The number of rotatable bonds is 6. The average molecular weight is 291 g/mol. The van der Waals surface area contributed by atoms with Gasteiger partial charge in [-0.15, -0.1) is 11.6 Å². The third-order valence-corrected chi connectivity index (χ3v) is 4.90. The predicted octanol–water partition coefficient (Wildman–Crippen LogP) is 2.37. The van der Waals surface area contributed by atoms with Crippen LogP contribution in [0.2, 0.25) is 0 Å². The summed E-state index contributed by atoms with van der Waals surface area (Å²) in [6.07, 6.45) is 0.891. The molecule has 1 unspecified atom stereocenters. The van der Waals surface area contributed by atoms with Gasteiger partial charge in [-0.1, -0.05) is 6.92 Å². The Labute approximate surface area is 114 Å². The fourth-order valence-electron chi connectivity index (χ4n) is 1.33. The minimum absolute atomic E-state index is 0.0789. The molecule has 0 saturated carbocycles. The number of nitrogens with one attached hydrogen (secondary N) is 1. The lowest BCUT2D eigenvalue weighted by Crippen LogP contribution is -2.22. The number of benzene rings is 1. The lowest BCUT2D eigenvalue weighted by Gasteiger charge is -2.13. The quantitative estimate of drug-likeness (QED) is 0.818.